The van der Waals surface area contributed by atoms with Gasteiger partial charge in [-0.05, 0) is 58.9 Å². The van der Waals surface area contributed by atoms with E-state index in [0.717, 1.165) is 25.3 Å². The molecule has 120 valence electrons. The number of hydrogen-bond donors (Lipinski definition) is 1. The molecule has 0 aliphatic heterocycles. The summed E-state index contributed by atoms with van der Waals surface area (Å²) in [6, 6.07) is 1.81. The highest BCUT2D eigenvalue weighted by atomic mass is 16.5. The Hall–Kier alpha value is -0.610. The van der Waals surface area contributed by atoms with Gasteiger partial charge in [0.2, 0.25) is 0 Å². The van der Waals surface area contributed by atoms with E-state index in [0.29, 0.717) is 18.7 Å². The molecule has 2 unspecified atom stereocenters. The van der Waals surface area contributed by atoms with Crippen LogP contribution in [0.3, 0.4) is 0 Å². The van der Waals surface area contributed by atoms with Gasteiger partial charge < -0.3 is 9.64 Å². The van der Waals surface area contributed by atoms with Crippen molar-refractivity contribution in [2.45, 2.75) is 88.4 Å². The maximum atomic E-state index is 12.5. The second kappa shape index (κ2) is 6.25. The molecule has 4 nitrogen and oxygen atoms in total. The molecule has 0 heterocycles. The predicted octanol–water partition coefficient (Wildman–Crippen LogP) is 2.47. The molecule has 0 aromatic carbocycles. The molecule has 21 heavy (non-hydrogen) atoms. The van der Waals surface area contributed by atoms with Gasteiger partial charge in [0.15, 0.2) is 0 Å². The monoisotopic (exact) mass is 294 g/mol. The summed E-state index contributed by atoms with van der Waals surface area (Å²) in [7, 11) is 2.26. The van der Waals surface area contributed by atoms with E-state index in [-0.39, 0.29) is 5.97 Å². The minimum Gasteiger partial charge on any atom is -0.465 e. The Morgan fingerprint density at radius 2 is 1.90 bits per heavy atom. The number of esters is 1. The summed E-state index contributed by atoms with van der Waals surface area (Å²) in [6.07, 6.45) is 10.8. The van der Waals surface area contributed by atoms with Gasteiger partial charge in [-0.2, -0.15) is 0 Å². The van der Waals surface area contributed by atoms with E-state index in [1.807, 2.05) is 6.92 Å². The molecule has 3 rings (SSSR count). The maximum Gasteiger partial charge on any atom is 0.326 e. The minimum atomic E-state index is -0.408. The largest absolute Gasteiger partial charge is 0.465 e. The van der Waals surface area contributed by atoms with Crippen LogP contribution in [-0.4, -0.2) is 48.2 Å². The predicted molar refractivity (Wildman–Crippen MR) is 83.2 cm³/mol. The Labute approximate surface area is 128 Å². The van der Waals surface area contributed by atoms with Crippen molar-refractivity contribution in [3.05, 3.63) is 0 Å². The van der Waals surface area contributed by atoms with Crippen LogP contribution in [0.5, 0.6) is 0 Å². The molecule has 4 heteroatoms. The summed E-state index contributed by atoms with van der Waals surface area (Å²) < 4.78 is 5.39. The lowest BCUT2D eigenvalue weighted by Gasteiger charge is -2.33. The normalized spacial score (nSPS) is 33.8. The molecule has 0 spiro atoms. The minimum absolute atomic E-state index is 0.0146. The van der Waals surface area contributed by atoms with Crippen molar-refractivity contribution in [2.24, 2.45) is 0 Å². The Balaban J connectivity index is 1.66. The van der Waals surface area contributed by atoms with Gasteiger partial charge in [-0.25, -0.2) is 0 Å². The molecule has 0 bridgehead atoms. The van der Waals surface area contributed by atoms with Crippen molar-refractivity contribution in [2.75, 3.05) is 13.7 Å². The van der Waals surface area contributed by atoms with Crippen LogP contribution in [0.25, 0.3) is 0 Å². The van der Waals surface area contributed by atoms with E-state index in [9.17, 15) is 4.79 Å². The molecule has 0 aromatic rings. The summed E-state index contributed by atoms with van der Waals surface area (Å²) in [4.78, 5) is 15.1. The lowest BCUT2D eigenvalue weighted by Crippen LogP contribution is -2.53. The first-order valence-corrected chi connectivity index (χ1v) is 8.81. The second-order valence-corrected chi connectivity index (χ2v) is 7.22. The standard InChI is InChI=1S/C17H30N2O2/c1-3-21-16(20)17(18-13-8-9-13)11-10-15(12-17)19(2)14-6-4-5-7-14/h13-15,18H,3-12H2,1-2H3. The summed E-state index contributed by atoms with van der Waals surface area (Å²) in [6.45, 7) is 2.38. The molecular weight excluding hydrogens is 264 g/mol. The van der Waals surface area contributed by atoms with Gasteiger partial charge in [0.05, 0.1) is 6.61 Å². The van der Waals surface area contributed by atoms with Crippen molar-refractivity contribution in [3.63, 3.8) is 0 Å². The van der Waals surface area contributed by atoms with E-state index in [2.05, 4.69) is 17.3 Å². The average Bonchev–Trinajstić information content (AvgIpc) is 2.96. The van der Waals surface area contributed by atoms with Gasteiger partial charge in [0.25, 0.3) is 0 Å². The summed E-state index contributed by atoms with van der Waals surface area (Å²) >= 11 is 0. The second-order valence-electron chi connectivity index (χ2n) is 7.22. The lowest BCUT2D eigenvalue weighted by atomic mass is 9.96. The van der Waals surface area contributed by atoms with E-state index < -0.39 is 5.54 Å². The summed E-state index contributed by atoms with van der Waals surface area (Å²) in [5.74, 6) is -0.0146. The molecule has 0 amide bonds. The fourth-order valence-electron chi connectivity index (χ4n) is 4.24. The van der Waals surface area contributed by atoms with Crippen molar-refractivity contribution in [1.82, 2.24) is 10.2 Å². The Morgan fingerprint density at radius 3 is 2.52 bits per heavy atom. The van der Waals surface area contributed by atoms with E-state index in [4.69, 9.17) is 4.74 Å². The first-order chi connectivity index (χ1) is 10.1. The third kappa shape index (κ3) is 3.26. The number of hydrogen-bond acceptors (Lipinski definition) is 4. The van der Waals surface area contributed by atoms with Gasteiger partial charge in [-0.3, -0.25) is 10.1 Å². The molecule has 3 fully saturated rings. The molecule has 0 radical (unpaired) electrons. The van der Waals surface area contributed by atoms with Crippen LogP contribution in [0.4, 0.5) is 0 Å². The Kier molecular flexibility index (Phi) is 4.55. The Morgan fingerprint density at radius 1 is 1.19 bits per heavy atom. The van der Waals surface area contributed by atoms with Gasteiger partial charge in [0, 0.05) is 18.1 Å². The van der Waals surface area contributed by atoms with Crippen LogP contribution in [0.15, 0.2) is 0 Å². The van der Waals surface area contributed by atoms with Gasteiger partial charge in [-0.1, -0.05) is 12.8 Å². The van der Waals surface area contributed by atoms with Gasteiger partial charge in [-0.15, -0.1) is 0 Å². The molecule has 3 aliphatic carbocycles. The smallest absolute Gasteiger partial charge is 0.326 e. The first-order valence-electron chi connectivity index (χ1n) is 8.81. The number of rotatable bonds is 6. The topological polar surface area (TPSA) is 41.6 Å². The first kappa shape index (κ1) is 15.3. The number of carbonyl (C=O) groups excluding carboxylic acids is 1. The third-order valence-corrected chi connectivity index (χ3v) is 5.69. The van der Waals surface area contributed by atoms with Crippen LogP contribution < -0.4 is 5.32 Å². The van der Waals surface area contributed by atoms with Crippen LogP contribution in [0.1, 0.15) is 64.7 Å². The van der Waals surface area contributed by atoms with Crippen molar-refractivity contribution in [3.8, 4) is 0 Å². The van der Waals surface area contributed by atoms with Gasteiger partial charge in [0.1, 0.15) is 5.54 Å². The fraction of sp³-hybridized carbons (Fsp3) is 0.941. The van der Waals surface area contributed by atoms with E-state index in [1.165, 1.54) is 38.5 Å². The molecule has 3 aliphatic rings. The van der Waals surface area contributed by atoms with E-state index in [1.54, 1.807) is 0 Å². The summed E-state index contributed by atoms with van der Waals surface area (Å²) in [5.41, 5.74) is -0.408. The zero-order chi connectivity index (χ0) is 14.9. The van der Waals surface area contributed by atoms with Crippen LogP contribution in [-0.2, 0) is 9.53 Å². The van der Waals surface area contributed by atoms with Gasteiger partial charge >= 0.3 is 5.97 Å². The number of ether oxygens (including phenoxy) is 1. The number of nitrogens with zero attached hydrogens (tertiary/aromatic N) is 1. The molecule has 0 aromatic heterocycles. The maximum absolute atomic E-state index is 12.5. The van der Waals surface area contributed by atoms with Crippen molar-refractivity contribution >= 4 is 5.97 Å². The van der Waals surface area contributed by atoms with Crippen molar-refractivity contribution < 1.29 is 9.53 Å². The van der Waals surface area contributed by atoms with Crippen LogP contribution in [0, 0.1) is 0 Å². The Bertz CT molecular complexity index is 377. The molecule has 0 saturated heterocycles. The van der Waals surface area contributed by atoms with Crippen molar-refractivity contribution in [1.29, 1.82) is 0 Å². The highest BCUT2D eigenvalue weighted by Gasteiger charge is 2.50. The summed E-state index contributed by atoms with van der Waals surface area (Å²) in [5, 5.41) is 3.63. The molecular formula is C17H30N2O2. The molecule has 1 N–H and O–H groups in total. The van der Waals surface area contributed by atoms with Crippen LogP contribution >= 0.6 is 0 Å². The zero-order valence-corrected chi connectivity index (χ0v) is 13.6. The van der Waals surface area contributed by atoms with Crippen LogP contribution in [0.2, 0.25) is 0 Å². The highest BCUT2D eigenvalue weighted by molar-refractivity contribution is 5.81. The molecule has 2 atom stereocenters. The SMILES string of the molecule is CCOC(=O)C1(NC2CC2)CCC(N(C)C2CCCC2)C1. The third-order valence-electron chi connectivity index (χ3n) is 5.69. The number of nitrogens with one attached hydrogen (secondary N) is 1. The zero-order valence-electron chi connectivity index (χ0n) is 13.6. The lowest BCUT2D eigenvalue weighted by molar-refractivity contribution is -0.151. The van der Waals surface area contributed by atoms with E-state index >= 15 is 0 Å². The highest BCUT2D eigenvalue weighted by Crippen LogP contribution is 2.39. The number of carbonyl (C=O) groups is 1. The molecule has 3 saturated carbocycles. The fourth-order valence-corrected chi connectivity index (χ4v) is 4.24. The quantitative estimate of drug-likeness (QED) is 0.764. The average molecular weight is 294 g/mol.